The minimum Gasteiger partial charge on any atom is -0.363 e. The van der Waals surface area contributed by atoms with Gasteiger partial charge in [0, 0.05) is 34.7 Å². The number of nitrogens with two attached hydrogens (primary N) is 1. The summed E-state index contributed by atoms with van der Waals surface area (Å²) < 4.78 is 1.06. The highest BCUT2D eigenvalue weighted by Gasteiger charge is 2.60. The van der Waals surface area contributed by atoms with E-state index < -0.39 is 0 Å². The van der Waals surface area contributed by atoms with Crippen LogP contribution in [0.25, 0.3) is 0 Å². The molecule has 0 radical (unpaired) electrons. The van der Waals surface area contributed by atoms with Gasteiger partial charge in [-0.3, -0.25) is 4.79 Å². The van der Waals surface area contributed by atoms with Gasteiger partial charge in [-0.15, -0.1) is 0 Å². The zero-order valence-corrected chi connectivity index (χ0v) is 14.1. The summed E-state index contributed by atoms with van der Waals surface area (Å²) in [5, 5.41) is 6.84. The van der Waals surface area contributed by atoms with Crippen molar-refractivity contribution in [1.29, 1.82) is 0 Å². The lowest BCUT2D eigenvalue weighted by atomic mass is 9.85. The van der Waals surface area contributed by atoms with Gasteiger partial charge in [-0.05, 0) is 43.4 Å². The summed E-state index contributed by atoms with van der Waals surface area (Å²) in [6, 6.07) is 4.23. The van der Waals surface area contributed by atoms with Crippen molar-refractivity contribution in [1.82, 2.24) is 5.32 Å². The van der Waals surface area contributed by atoms with Crippen molar-refractivity contribution in [3.8, 4) is 0 Å². The molecular weight excluding hydrogens is 344 g/mol. The Morgan fingerprint density at radius 3 is 3.09 bits per heavy atom. The molecule has 3 aliphatic rings. The van der Waals surface area contributed by atoms with E-state index in [1.807, 2.05) is 0 Å². The number of aryl methyl sites for hydroxylation is 1. The summed E-state index contributed by atoms with van der Waals surface area (Å²) in [5.74, 6) is 6.31. The van der Waals surface area contributed by atoms with Gasteiger partial charge in [0.2, 0.25) is 5.91 Å². The highest BCUT2D eigenvalue weighted by molar-refractivity contribution is 9.10. The van der Waals surface area contributed by atoms with E-state index in [4.69, 9.17) is 5.84 Å². The van der Waals surface area contributed by atoms with Crippen LogP contribution in [-0.4, -0.2) is 30.8 Å². The lowest BCUT2D eigenvalue weighted by Gasteiger charge is -2.46. The van der Waals surface area contributed by atoms with E-state index in [-0.39, 0.29) is 17.4 Å². The molecule has 3 N–H and O–H groups in total. The average molecular weight is 363 g/mol. The van der Waals surface area contributed by atoms with Crippen LogP contribution < -0.4 is 16.1 Å². The van der Waals surface area contributed by atoms with Crippen LogP contribution in [0.3, 0.4) is 0 Å². The number of piperidine rings is 2. The van der Waals surface area contributed by atoms with Crippen molar-refractivity contribution in [2.45, 2.75) is 25.3 Å². The summed E-state index contributed by atoms with van der Waals surface area (Å²) in [6.45, 7) is 3.76. The van der Waals surface area contributed by atoms with Gasteiger partial charge in [-0.2, -0.15) is 5.10 Å². The van der Waals surface area contributed by atoms with Gasteiger partial charge < -0.3 is 16.1 Å². The molecule has 4 rings (SSSR count). The van der Waals surface area contributed by atoms with Crippen LogP contribution in [-0.2, 0) is 4.79 Å². The third-order valence-electron chi connectivity index (χ3n) is 5.55. The predicted octanol–water partition coefficient (Wildman–Crippen LogP) is 1.76. The van der Waals surface area contributed by atoms with Crippen molar-refractivity contribution in [3.63, 3.8) is 0 Å². The molecule has 1 amide bonds. The SMILES string of the molecule is Cc1cc(Br)cc(N2C[C@@H]3CC24CNC(=O)[C@@H]3C4)c1/C=N\N. The standard InChI is InChI=1S/C16H19BrN4O/c1-9-2-11(17)3-14(13(9)6-20-18)21-7-10-4-16(21)5-12(10)15(22)19-8-16/h2-3,6,10,12H,4-5,7-8,18H2,1H3,(H,19,22)/b20-6-/t10-,12+,16?/m0/s1. The average Bonchev–Trinajstić information content (AvgIpc) is 2.99. The zero-order valence-electron chi connectivity index (χ0n) is 12.5. The van der Waals surface area contributed by atoms with E-state index in [1.54, 1.807) is 6.21 Å². The molecule has 2 saturated heterocycles. The van der Waals surface area contributed by atoms with Gasteiger partial charge in [-0.25, -0.2) is 0 Å². The molecule has 3 bridgehead atoms. The number of hydrogen-bond donors (Lipinski definition) is 2. The number of carbonyl (C=O) groups excluding carboxylic acids is 1. The first-order chi connectivity index (χ1) is 10.5. The molecular formula is C16H19BrN4O. The molecule has 2 aliphatic heterocycles. The monoisotopic (exact) mass is 362 g/mol. The maximum Gasteiger partial charge on any atom is 0.223 e. The first kappa shape index (κ1) is 14.1. The minimum absolute atomic E-state index is 0.0632. The van der Waals surface area contributed by atoms with Crippen LogP contribution in [0.1, 0.15) is 24.0 Å². The highest BCUT2D eigenvalue weighted by Crippen LogP contribution is 2.53. The van der Waals surface area contributed by atoms with Gasteiger partial charge in [0.1, 0.15) is 0 Å². The number of nitrogens with zero attached hydrogens (tertiary/aromatic N) is 2. The molecule has 2 heterocycles. The third kappa shape index (κ3) is 1.82. The number of nitrogens with one attached hydrogen (secondary N) is 1. The van der Waals surface area contributed by atoms with Crippen molar-refractivity contribution < 1.29 is 4.79 Å². The molecule has 1 aromatic rings. The lowest BCUT2D eigenvalue weighted by molar-refractivity contribution is -0.128. The first-order valence-corrected chi connectivity index (χ1v) is 8.42. The smallest absolute Gasteiger partial charge is 0.223 e. The second-order valence-corrected chi connectivity index (χ2v) is 7.68. The van der Waals surface area contributed by atoms with E-state index in [1.165, 1.54) is 0 Å². The molecule has 5 nitrogen and oxygen atoms in total. The number of anilines is 1. The Hall–Kier alpha value is -1.56. The van der Waals surface area contributed by atoms with Crippen LogP contribution in [0.5, 0.6) is 0 Å². The second kappa shape index (κ2) is 4.72. The number of fused-ring (bicyclic) bond motifs is 3. The molecule has 1 aliphatic carbocycles. The Kier molecular flexibility index (Phi) is 3.01. The van der Waals surface area contributed by atoms with Gasteiger partial charge in [0.05, 0.1) is 11.8 Å². The molecule has 6 heteroatoms. The molecule has 3 atom stereocenters. The Balaban J connectivity index is 1.80. The largest absolute Gasteiger partial charge is 0.363 e. The van der Waals surface area contributed by atoms with Crippen LogP contribution in [0, 0.1) is 18.8 Å². The van der Waals surface area contributed by atoms with Crippen LogP contribution in [0.2, 0.25) is 0 Å². The van der Waals surface area contributed by atoms with Crippen LogP contribution in [0.4, 0.5) is 5.69 Å². The highest BCUT2D eigenvalue weighted by atomic mass is 79.9. The number of carbonyl (C=O) groups is 1. The predicted molar refractivity (Wildman–Crippen MR) is 90.0 cm³/mol. The van der Waals surface area contributed by atoms with E-state index >= 15 is 0 Å². The fourth-order valence-electron chi connectivity index (χ4n) is 4.62. The summed E-state index contributed by atoms with van der Waals surface area (Å²) >= 11 is 3.60. The fourth-order valence-corrected chi connectivity index (χ4v) is 5.18. The Labute approximate surface area is 138 Å². The van der Waals surface area contributed by atoms with Crippen molar-refractivity contribution >= 4 is 33.7 Å². The topological polar surface area (TPSA) is 70.7 Å². The van der Waals surface area contributed by atoms with E-state index in [0.29, 0.717) is 5.92 Å². The quantitative estimate of drug-likeness (QED) is 0.478. The van der Waals surface area contributed by atoms with E-state index in [9.17, 15) is 4.79 Å². The van der Waals surface area contributed by atoms with Crippen molar-refractivity contribution in [3.05, 3.63) is 27.7 Å². The number of hydrogen-bond acceptors (Lipinski definition) is 4. The minimum atomic E-state index is 0.0632. The molecule has 3 fully saturated rings. The molecule has 1 aromatic carbocycles. The number of amides is 1. The third-order valence-corrected chi connectivity index (χ3v) is 6.01. The molecule has 1 saturated carbocycles. The van der Waals surface area contributed by atoms with E-state index in [2.05, 4.69) is 50.3 Å². The molecule has 1 unspecified atom stereocenters. The Morgan fingerprint density at radius 1 is 1.50 bits per heavy atom. The number of hydrazone groups is 1. The zero-order chi connectivity index (χ0) is 15.5. The Morgan fingerprint density at radius 2 is 2.32 bits per heavy atom. The first-order valence-electron chi connectivity index (χ1n) is 7.63. The second-order valence-electron chi connectivity index (χ2n) is 6.76. The van der Waals surface area contributed by atoms with Gasteiger partial charge >= 0.3 is 0 Å². The molecule has 22 heavy (non-hydrogen) atoms. The molecule has 1 spiro atoms. The lowest BCUT2D eigenvalue weighted by Crippen LogP contribution is -2.59. The van der Waals surface area contributed by atoms with Crippen molar-refractivity contribution in [2.75, 3.05) is 18.0 Å². The van der Waals surface area contributed by atoms with Crippen LogP contribution in [0.15, 0.2) is 21.7 Å². The van der Waals surface area contributed by atoms with E-state index in [0.717, 1.165) is 47.2 Å². The summed E-state index contributed by atoms with van der Waals surface area (Å²) in [4.78, 5) is 14.5. The van der Waals surface area contributed by atoms with Gasteiger partial charge in [0.15, 0.2) is 0 Å². The maximum absolute atomic E-state index is 12.0. The maximum atomic E-state index is 12.0. The van der Waals surface area contributed by atoms with Gasteiger partial charge in [-0.1, -0.05) is 15.9 Å². The number of rotatable bonds is 2. The summed E-state index contributed by atoms with van der Waals surface area (Å²) in [6.07, 6.45) is 3.80. The van der Waals surface area contributed by atoms with Crippen molar-refractivity contribution in [2.24, 2.45) is 22.8 Å². The number of halogens is 1. The number of benzene rings is 1. The fraction of sp³-hybridized carbons (Fsp3) is 0.500. The van der Waals surface area contributed by atoms with Gasteiger partial charge in [0.25, 0.3) is 0 Å². The molecule has 116 valence electrons. The summed E-state index contributed by atoms with van der Waals surface area (Å²) in [5.41, 5.74) is 3.45. The normalized spacial score (nSPS) is 32.8. The Bertz CT molecular complexity index is 689. The summed E-state index contributed by atoms with van der Waals surface area (Å²) in [7, 11) is 0. The van der Waals surface area contributed by atoms with Crippen LogP contribution >= 0.6 is 15.9 Å². The molecule has 0 aromatic heterocycles.